The number of alkyl halides is 1. The molecule has 1 aromatic rings. The van der Waals surface area contributed by atoms with E-state index in [2.05, 4.69) is 0 Å². The molecule has 0 spiro atoms. The number of benzene rings is 1. The van der Waals surface area contributed by atoms with Crippen molar-refractivity contribution in [3.8, 4) is 5.75 Å². The van der Waals surface area contributed by atoms with E-state index in [9.17, 15) is 9.18 Å². The lowest BCUT2D eigenvalue weighted by atomic mass is 10.2. The summed E-state index contributed by atoms with van der Waals surface area (Å²) in [7, 11) is 0. The first-order valence-corrected chi connectivity index (χ1v) is 7.39. The van der Waals surface area contributed by atoms with E-state index in [1.807, 2.05) is 32.0 Å². The second-order valence-corrected chi connectivity index (χ2v) is 4.80. The van der Waals surface area contributed by atoms with Crippen molar-refractivity contribution in [3.63, 3.8) is 0 Å². The van der Waals surface area contributed by atoms with Crippen LogP contribution in [-0.2, 0) is 5.75 Å². The quantitative estimate of drug-likeness (QED) is 0.764. The molecule has 0 saturated carbocycles. The average Bonchev–Trinajstić information content (AvgIpc) is 2.45. The Labute approximate surface area is 118 Å². The van der Waals surface area contributed by atoms with Gasteiger partial charge in [0.1, 0.15) is 19.0 Å². The Bertz CT molecular complexity index is 397. The molecule has 3 nitrogen and oxygen atoms in total. The second-order valence-electron chi connectivity index (χ2n) is 3.87. The highest BCUT2D eigenvalue weighted by Crippen LogP contribution is 2.24. The Morgan fingerprint density at radius 3 is 2.63 bits per heavy atom. The largest absolute Gasteiger partial charge is 0.491 e. The van der Waals surface area contributed by atoms with E-state index in [1.165, 1.54) is 11.8 Å². The lowest BCUT2D eigenvalue weighted by Gasteiger charge is -2.18. The standard InChI is InChI=1S/C14H20FNO2S/c1-3-16(4-2)14(17)19-11-12-7-5-6-8-13(12)18-10-9-15/h5-8H,3-4,9-11H2,1-2H3. The highest BCUT2D eigenvalue weighted by Gasteiger charge is 2.12. The molecule has 0 bridgehead atoms. The molecular formula is C14H20FNO2S. The zero-order chi connectivity index (χ0) is 14.1. The van der Waals surface area contributed by atoms with Gasteiger partial charge in [0.2, 0.25) is 0 Å². The molecule has 5 heteroatoms. The predicted molar refractivity (Wildman–Crippen MR) is 77.5 cm³/mol. The van der Waals surface area contributed by atoms with Crippen LogP contribution in [0, 0.1) is 0 Å². The van der Waals surface area contributed by atoms with Gasteiger partial charge in [-0.25, -0.2) is 4.39 Å². The maximum Gasteiger partial charge on any atom is 0.281 e. The zero-order valence-electron chi connectivity index (χ0n) is 11.4. The van der Waals surface area contributed by atoms with Gasteiger partial charge in [0.15, 0.2) is 0 Å². The van der Waals surface area contributed by atoms with E-state index < -0.39 is 6.67 Å². The Hall–Kier alpha value is -1.23. The fourth-order valence-electron chi connectivity index (χ4n) is 1.62. The predicted octanol–water partition coefficient (Wildman–Crippen LogP) is 3.73. The van der Waals surface area contributed by atoms with Crippen LogP contribution in [0.4, 0.5) is 9.18 Å². The normalized spacial score (nSPS) is 10.3. The number of carbonyl (C=O) groups is 1. The second kappa shape index (κ2) is 8.80. The van der Waals surface area contributed by atoms with E-state index in [0.29, 0.717) is 24.6 Å². The summed E-state index contributed by atoms with van der Waals surface area (Å²) in [5, 5.41) is 0.0605. The third kappa shape index (κ3) is 5.11. The fourth-order valence-corrected chi connectivity index (χ4v) is 2.58. The molecule has 0 radical (unpaired) electrons. The van der Waals surface area contributed by atoms with Gasteiger partial charge in [0.25, 0.3) is 5.24 Å². The number of hydrogen-bond acceptors (Lipinski definition) is 3. The highest BCUT2D eigenvalue weighted by atomic mass is 32.2. The lowest BCUT2D eigenvalue weighted by Crippen LogP contribution is -2.26. The molecule has 0 heterocycles. The van der Waals surface area contributed by atoms with Crippen LogP contribution in [0.15, 0.2) is 24.3 Å². The van der Waals surface area contributed by atoms with Crippen molar-refractivity contribution in [2.24, 2.45) is 0 Å². The Morgan fingerprint density at radius 2 is 2.00 bits per heavy atom. The minimum absolute atomic E-state index is 0.0473. The van der Waals surface area contributed by atoms with Gasteiger partial charge in [-0.3, -0.25) is 4.79 Å². The highest BCUT2D eigenvalue weighted by molar-refractivity contribution is 8.12. The summed E-state index contributed by atoms with van der Waals surface area (Å²) in [4.78, 5) is 13.7. The molecule has 0 aliphatic rings. The van der Waals surface area contributed by atoms with Crippen molar-refractivity contribution in [1.29, 1.82) is 0 Å². The Kier molecular flexibility index (Phi) is 7.33. The van der Waals surface area contributed by atoms with Crippen LogP contribution >= 0.6 is 11.8 Å². The van der Waals surface area contributed by atoms with E-state index in [0.717, 1.165) is 5.56 Å². The Balaban J connectivity index is 2.59. The van der Waals surface area contributed by atoms with Gasteiger partial charge in [0, 0.05) is 24.4 Å². The van der Waals surface area contributed by atoms with Gasteiger partial charge in [-0.05, 0) is 19.9 Å². The minimum Gasteiger partial charge on any atom is -0.491 e. The molecule has 106 valence electrons. The van der Waals surface area contributed by atoms with Crippen LogP contribution in [0.3, 0.4) is 0 Å². The monoisotopic (exact) mass is 285 g/mol. The van der Waals surface area contributed by atoms with Crippen molar-refractivity contribution < 1.29 is 13.9 Å². The number of halogens is 1. The van der Waals surface area contributed by atoms with Gasteiger partial charge in [-0.1, -0.05) is 30.0 Å². The lowest BCUT2D eigenvalue weighted by molar-refractivity contribution is 0.228. The first kappa shape index (κ1) is 15.8. The van der Waals surface area contributed by atoms with Crippen LogP contribution in [0.2, 0.25) is 0 Å². The number of carbonyl (C=O) groups excluding carboxylic acids is 1. The smallest absolute Gasteiger partial charge is 0.281 e. The zero-order valence-corrected chi connectivity index (χ0v) is 12.2. The van der Waals surface area contributed by atoms with Gasteiger partial charge in [-0.15, -0.1) is 0 Å². The van der Waals surface area contributed by atoms with E-state index >= 15 is 0 Å². The topological polar surface area (TPSA) is 29.5 Å². The molecule has 1 amide bonds. The molecule has 0 aliphatic carbocycles. The minimum atomic E-state index is -0.514. The number of rotatable bonds is 7. The molecule has 1 aromatic carbocycles. The van der Waals surface area contributed by atoms with E-state index in [-0.39, 0.29) is 11.8 Å². The van der Waals surface area contributed by atoms with Gasteiger partial charge in [0.05, 0.1) is 0 Å². The summed E-state index contributed by atoms with van der Waals surface area (Å²) in [6.45, 7) is 4.87. The van der Waals surface area contributed by atoms with Crippen LogP contribution in [0.25, 0.3) is 0 Å². The molecule has 0 aromatic heterocycles. The van der Waals surface area contributed by atoms with Crippen molar-refractivity contribution in [2.75, 3.05) is 26.4 Å². The Morgan fingerprint density at radius 1 is 1.32 bits per heavy atom. The summed E-state index contributed by atoms with van der Waals surface area (Å²) in [5.74, 6) is 1.19. The summed E-state index contributed by atoms with van der Waals surface area (Å²) in [6.07, 6.45) is 0. The molecular weight excluding hydrogens is 265 g/mol. The van der Waals surface area contributed by atoms with Gasteiger partial charge in [-0.2, -0.15) is 0 Å². The molecule has 0 aliphatic heterocycles. The molecule has 0 N–H and O–H groups in total. The molecule has 0 atom stereocenters. The maximum atomic E-state index is 12.1. The molecule has 0 saturated heterocycles. The first-order valence-electron chi connectivity index (χ1n) is 6.41. The summed E-state index contributed by atoms with van der Waals surface area (Å²) in [6, 6.07) is 7.43. The molecule has 19 heavy (non-hydrogen) atoms. The number of thioether (sulfide) groups is 1. The van der Waals surface area contributed by atoms with Crippen molar-refractivity contribution in [1.82, 2.24) is 4.90 Å². The summed E-state index contributed by atoms with van der Waals surface area (Å²) in [5.41, 5.74) is 0.918. The van der Waals surface area contributed by atoms with Crippen LogP contribution in [0.1, 0.15) is 19.4 Å². The number of nitrogens with zero attached hydrogens (tertiary/aromatic N) is 1. The van der Waals surface area contributed by atoms with Crippen molar-refractivity contribution in [3.05, 3.63) is 29.8 Å². The molecule has 0 fully saturated rings. The van der Waals surface area contributed by atoms with Crippen LogP contribution in [-0.4, -0.2) is 36.5 Å². The molecule has 0 unspecified atom stereocenters. The fraction of sp³-hybridized carbons (Fsp3) is 0.500. The van der Waals surface area contributed by atoms with E-state index in [4.69, 9.17) is 4.74 Å². The van der Waals surface area contributed by atoms with Gasteiger partial charge >= 0.3 is 0 Å². The number of hydrogen-bond donors (Lipinski definition) is 0. The van der Waals surface area contributed by atoms with E-state index in [1.54, 1.807) is 11.0 Å². The van der Waals surface area contributed by atoms with Crippen molar-refractivity contribution >= 4 is 17.0 Å². The maximum absolute atomic E-state index is 12.1. The third-order valence-corrected chi connectivity index (χ3v) is 3.64. The summed E-state index contributed by atoms with van der Waals surface area (Å²) < 4.78 is 17.4. The average molecular weight is 285 g/mol. The third-order valence-electron chi connectivity index (χ3n) is 2.68. The number of ether oxygens (including phenoxy) is 1. The molecule has 1 rings (SSSR count). The number of amides is 1. The van der Waals surface area contributed by atoms with Gasteiger partial charge < -0.3 is 9.64 Å². The SMILES string of the molecule is CCN(CC)C(=O)SCc1ccccc1OCCF. The van der Waals surface area contributed by atoms with Crippen LogP contribution in [0.5, 0.6) is 5.75 Å². The summed E-state index contributed by atoms with van der Waals surface area (Å²) >= 11 is 1.25. The van der Waals surface area contributed by atoms with Crippen molar-refractivity contribution in [2.45, 2.75) is 19.6 Å². The first-order chi connectivity index (χ1) is 9.22. The van der Waals surface area contributed by atoms with Crippen LogP contribution < -0.4 is 4.74 Å². The number of para-hydroxylation sites is 1.